The Bertz CT molecular complexity index is 419. The van der Waals surface area contributed by atoms with Crippen molar-refractivity contribution in [2.45, 2.75) is 11.8 Å². The van der Waals surface area contributed by atoms with Crippen molar-refractivity contribution in [3.63, 3.8) is 0 Å². The first-order chi connectivity index (χ1) is 5.82. The lowest BCUT2D eigenvalue weighted by molar-refractivity contribution is 0.552. The molecule has 0 aliphatic rings. The van der Waals surface area contributed by atoms with Crippen molar-refractivity contribution in [2.24, 2.45) is 0 Å². The highest BCUT2D eigenvalue weighted by atomic mass is 35.5. The molecule has 0 fully saturated rings. The van der Waals surface area contributed by atoms with E-state index in [9.17, 15) is 12.3 Å². The molecule has 0 atom stereocenters. The van der Waals surface area contributed by atoms with Crippen LogP contribution in [-0.4, -0.2) is 8.42 Å². The van der Waals surface area contributed by atoms with Crippen LogP contribution in [0.25, 0.3) is 0 Å². The van der Waals surface area contributed by atoms with Crippen LogP contribution >= 0.6 is 23.2 Å². The highest BCUT2D eigenvalue weighted by molar-refractivity contribution is 7.86. The highest BCUT2D eigenvalue weighted by Crippen LogP contribution is 2.28. The molecule has 0 saturated heterocycles. The zero-order chi connectivity index (χ0) is 10.2. The second-order valence-corrected chi connectivity index (χ2v) is 4.61. The molecule has 13 heavy (non-hydrogen) atoms. The first-order valence-corrected chi connectivity index (χ1v) is 5.36. The van der Waals surface area contributed by atoms with Gasteiger partial charge in [0.15, 0.2) is 0 Å². The molecular formula is C7H5Cl2FO2S. The van der Waals surface area contributed by atoms with E-state index >= 15 is 0 Å². The average molecular weight is 243 g/mol. The summed E-state index contributed by atoms with van der Waals surface area (Å²) in [5.41, 5.74) is 0.524. The predicted octanol–water partition coefficient (Wildman–Crippen LogP) is 2.96. The summed E-state index contributed by atoms with van der Waals surface area (Å²) in [6, 6.07) is 2.05. The molecule has 1 aromatic carbocycles. The third-order valence-corrected chi connectivity index (χ3v) is 3.12. The molecule has 0 aliphatic carbocycles. The maximum Gasteiger partial charge on any atom is 0.332 e. The summed E-state index contributed by atoms with van der Waals surface area (Å²) in [4.78, 5) is -0.520. The van der Waals surface area contributed by atoms with Crippen molar-refractivity contribution < 1.29 is 12.3 Å². The summed E-state index contributed by atoms with van der Waals surface area (Å²) in [7, 11) is -4.73. The van der Waals surface area contributed by atoms with E-state index in [4.69, 9.17) is 23.2 Å². The lowest BCUT2D eigenvalue weighted by Crippen LogP contribution is -1.93. The lowest BCUT2D eigenvalue weighted by Gasteiger charge is -2.02. The standard InChI is InChI=1S/C7H5Cl2FO2S/c1-4-6(8)2-5(3-7(4)9)13(10,11)12/h2-3H,1H3. The van der Waals surface area contributed by atoms with Gasteiger partial charge in [0, 0.05) is 10.0 Å². The number of benzene rings is 1. The molecule has 0 amide bonds. The molecule has 0 N–H and O–H groups in total. The van der Waals surface area contributed by atoms with Crippen LogP contribution in [0.15, 0.2) is 17.0 Å². The number of halogens is 3. The minimum Gasteiger partial charge on any atom is -0.189 e. The quantitative estimate of drug-likeness (QED) is 0.710. The zero-order valence-corrected chi connectivity index (χ0v) is 8.84. The normalized spacial score (nSPS) is 11.7. The Morgan fingerprint density at radius 1 is 1.23 bits per heavy atom. The molecular weight excluding hydrogens is 238 g/mol. The smallest absolute Gasteiger partial charge is 0.189 e. The summed E-state index contributed by atoms with van der Waals surface area (Å²) in [5.74, 6) is 0. The average Bonchev–Trinajstić information content (AvgIpc) is 1.97. The molecule has 0 spiro atoms. The second-order valence-electron chi connectivity index (χ2n) is 2.45. The highest BCUT2D eigenvalue weighted by Gasteiger charge is 2.15. The maximum atomic E-state index is 12.5. The number of hydrogen-bond donors (Lipinski definition) is 0. The largest absolute Gasteiger partial charge is 0.332 e. The van der Waals surface area contributed by atoms with Crippen LogP contribution in [0.3, 0.4) is 0 Å². The summed E-state index contributed by atoms with van der Waals surface area (Å²) >= 11 is 11.2. The van der Waals surface area contributed by atoms with Crippen molar-refractivity contribution in [3.8, 4) is 0 Å². The molecule has 2 nitrogen and oxygen atoms in total. The van der Waals surface area contributed by atoms with Crippen LogP contribution in [0.1, 0.15) is 5.56 Å². The van der Waals surface area contributed by atoms with E-state index in [1.54, 1.807) is 6.92 Å². The Morgan fingerprint density at radius 2 is 1.62 bits per heavy atom. The van der Waals surface area contributed by atoms with Gasteiger partial charge in [0.2, 0.25) is 0 Å². The first-order valence-electron chi connectivity index (χ1n) is 3.22. The Labute approximate surface area is 85.5 Å². The third-order valence-electron chi connectivity index (χ3n) is 1.54. The predicted molar refractivity (Wildman–Crippen MR) is 49.5 cm³/mol. The van der Waals surface area contributed by atoms with Gasteiger partial charge in [-0.25, -0.2) is 0 Å². The van der Waals surface area contributed by atoms with Crippen molar-refractivity contribution in [2.75, 3.05) is 0 Å². The van der Waals surface area contributed by atoms with Gasteiger partial charge in [0.05, 0.1) is 0 Å². The van der Waals surface area contributed by atoms with E-state index in [0.717, 1.165) is 12.1 Å². The Hall–Kier alpha value is -0.320. The van der Waals surface area contributed by atoms with Crippen LogP contribution in [0.5, 0.6) is 0 Å². The van der Waals surface area contributed by atoms with E-state index in [2.05, 4.69) is 0 Å². The zero-order valence-electron chi connectivity index (χ0n) is 6.51. The minimum absolute atomic E-state index is 0.128. The van der Waals surface area contributed by atoms with Crippen LogP contribution in [0.2, 0.25) is 10.0 Å². The molecule has 0 aliphatic heterocycles. The molecule has 1 aromatic rings. The van der Waals surface area contributed by atoms with Gasteiger partial charge >= 0.3 is 10.2 Å². The first kappa shape index (κ1) is 10.8. The van der Waals surface area contributed by atoms with Crippen molar-refractivity contribution >= 4 is 33.4 Å². The maximum absolute atomic E-state index is 12.5. The third kappa shape index (κ3) is 2.33. The van der Waals surface area contributed by atoms with E-state index in [-0.39, 0.29) is 10.0 Å². The number of hydrogen-bond acceptors (Lipinski definition) is 2. The van der Waals surface area contributed by atoms with Gasteiger partial charge in [-0.1, -0.05) is 23.2 Å². The topological polar surface area (TPSA) is 34.1 Å². The van der Waals surface area contributed by atoms with E-state index in [1.807, 2.05) is 0 Å². The SMILES string of the molecule is Cc1c(Cl)cc(S(=O)(=O)F)cc1Cl. The summed E-state index contributed by atoms with van der Waals surface area (Å²) in [5, 5.41) is 0.257. The summed E-state index contributed by atoms with van der Waals surface area (Å²) < 4.78 is 33.4. The molecule has 1 rings (SSSR count). The second kappa shape index (κ2) is 3.44. The fourth-order valence-corrected chi connectivity index (χ4v) is 1.90. The molecule has 0 aromatic heterocycles. The van der Waals surface area contributed by atoms with Gasteiger partial charge < -0.3 is 0 Å². The van der Waals surface area contributed by atoms with Crippen molar-refractivity contribution in [1.82, 2.24) is 0 Å². The van der Waals surface area contributed by atoms with Crippen LogP contribution in [0.4, 0.5) is 3.89 Å². The Morgan fingerprint density at radius 3 is 1.92 bits per heavy atom. The Kier molecular flexibility index (Phi) is 2.85. The summed E-state index contributed by atoms with van der Waals surface area (Å²) in [6.45, 7) is 1.61. The van der Waals surface area contributed by atoms with Crippen molar-refractivity contribution in [1.29, 1.82) is 0 Å². The van der Waals surface area contributed by atoms with Gasteiger partial charge in [-0.15, -0.1) is 3.89 Å². The summed E-state index contributed by atoms with van der Waals surface area (Å²) in [6.07, 6.45) is 0. The number of rotatable bonds is 1. The fourth-order valence-electron chi connectivity index (χ4n) is 0.763. The Balaban J connectivity index is 3.47. The molecule has 0 saturated carbocycles. The van der Waals surface area contributed by atoms with E-state index < -0.39 is 15.1 Å². The van der Waals surface area contributed by atoms with Gasteiger partial charge in [-0.3, -0.25) is 0 Å². The molecule has 0 radical (unpaired) electrons. The van der Waals surface area contributed by atoms with Crippen molar-refractivity contribution in [3.05, 3.63) is 27.7 Å². The molecule has 0 bridgehead atoms. The van der Waals surface area contributed by atoms with Crippen LogP contribution in [0, 0.1) is 6.92 Å². The van der Waals surface area contributed by atoms with Gasteiger partial charge in [-0.05, 0) is 24.6 Å². The van der Waals surface area contributed by atoms with E-state index in [1.165, 1.54) is 0 Å². The molecule has 72 valence electrons. The minimum atomic E-state index is -4.73. The van der Waals surface area contributed by atoms with Gasteiger partial charge in [0.25, 0.3) is 0 Å². The van der Waals surface area contributed by atoms with Gasteiger partial charge in [-0.2, -0.15) is 8.42 Å². The van der Waals surface area contributed by atoms with Gasteiger partial charge in [0.1, 0.15) is 4.90 Å². The lowest BCUT2D eigenvalue weighted by atomic mass is 10.2. The fraction of sp³-hybridized carbons (Fsp3) is 0.143. The molecule has 6 heteroatoms. The van der Waals surface area contributed by atoms with Crippen LogP contribution < -0.4 is 0 Å². The van der Waals surface area contributed by atoms with E-state index in [0.29, 0.717) is 5.56 Å². The molecule has 0 unspecified atom stereocenters. The monoisotopic (exact) mass is 242 g/mol. The van der Waals surface area contributed by atoms with Crippen LogP contribution in [-0.2, 0) is 10.2 Å². The molecule has 0 heterocycles.